The Balaban J connectivity index is 1.31. The average Bonchev–Trinajstić information content (AvgIpc) is 3.17. The smallest absolute Gasteiger partial charge is 0.190 e. The van der Waals surface area contributed by atoms with Crippen molar-refractivity contribution >= 4 is 16.9 Å². The first-order valence-electron chi connectivity index (χ1n) is 10.1. The molecule has 0 aliphatic rings. The Morgan fingerprint density at radius 3 is 2.67 bits per heavy atom. The van der Waals surface area contributed by atoms with E-state index in [1.807, 2.05) is 30.5 Å². The number of ether oxygens (including phenoxy) is 2. The van der Waals surface area contributed by atoms with E-state index >= 15 is 0 Å². The molecule has 30 heavy (non-hydrogen) atoms. The first kappa shape index (κ1) is 21.6. The maximum atomic E-state index is 13.5. The van der Waals surface area contributed by atoms with Crippen LogP contribution in [-0.4, -0.2) is 44.8 Å². The number of H-pyrrole nitrogens is 1. The van der Waals surface area contributed by atoms with Crippen molar-refractivity contribution in [1.82, 2.24) is 15.6 Å². The number of aromatic amines is 1. The molecule has 2 aromatic carbocycles. The number of benzene rings is 2. The standard InChI is InChI=1S/C23H29FN4O2/c1-25-23(26-11-3-13-30-16-17-4-7-20(29-2)8-5-17)27-12-10-18-15-28-22-9-6-19(24)14-21(18)22/h4-9,14-15,28H,3,10-13,16H2,1-2H3,(H2,25,26,27). The minimum atomic E-state index is -0.219. The Bertz CT molecular complexity index is 953. The van der Waals surface area contributed by atoms with Crippen molar-refractivity contribution in [3.8, 4) is 5.75 Å². The summed E-state index contributed by atoms with van der Waals surface area (Å²) in [7, 11) is 3.40. The fraction of sp³-hybridized carbons (Fsp3) is 0.348. The second-order valence-corrected chi connectivity index (χ2v) is 6.93. The third-order valence-corrected chi connectivity index (χ3v) is 4.83. The van der Waals surface area contributed by atoms with Crippen LogP contribution in [-0.2, 0) is 17.8 Å². The first-order chi connectivity index (χ1) is 14.7. The van der Waals surface area contributed by atoms with Crippen LogP contribution in [0.15, 0.2) is 53.7 Å². The fourth-order valence-electron chi connectivity index (χ4n) is 3.19. The van der Waals surface area contributed by atoms with Crippen LogP contribution in [0.5, 0.6) is 5.75 Å². The Kier molecular flexibility index (Phi) is 8.09. The highest BCUT2D eigenvalue weighted by atomic mass is 19.1. The first-order valence-corrected chi connectivity index (χ1v) is 10.1. The van der Waals surface area contributed by atoms with Gasteiger partial charge in [0, 0.05) is 43.8 Å². The second kappa shape index (κ2) is 11.2. The van der Waals surface area contributed by atoms with Gasteiger partial charge in [-0.25, -0.2) is 4.39 Å². The molecule has 160 valence electrons. The van der Waals surface area contributed by atoms with Crippen LogP contribution in [0.2, 0.25) is 0 Å². The Labute approximate surface area is 176 Å². The summed E-state index contributed by atoms with van der Waals surface area (Å²) < 4.78 is 24.3. The fourth-order valence-corrected chi connectivity index (χ4v) is 3.19. The molecule has 0 bridgehead atoms. The number of fused-ring (bicyclic) bond motifs is 1. The van der Waals surface area contributed by atoms with Crippen LogP contribution < -0.4 is 15.4 Å². The predicted octanol–water partition coefficient (Wildman–Crippen LogP) is 3.63. The second-order valence-electron chi connectivity index (χ2n) is 6.93. The molecular formula is C23H29FN4O2. The Hall–Kier alpha value is -3.06. The maximum absolute atomic E-state index is 13.5. The van der Waals surface area contributed by atoms with E-state index in [0.29, 0.717) is 19.8 Å². The molecule has 0 unspecified atom stereocenters. The van der Waals surface area contributed by atoms with Gasteiger partial charge in [0.15, 0.2) is 5.96 Å². The predicted molar refractivity (Wildman–Crippen MR) is 119 cm³/mol. The number of nitrogens with one attached hydrogen (secondary N) is 3. The number of rotatable bonds is 10. The number of methoxy groups -OCH3 is 1. The third kappa shape index (κ3) is 6.22. The molecule has 3 rings (SSSR count). The zero-order valence-corrected chi connectivity index (χ0v) is 17.5. The Morgan fingerprint density at radius 1 is 1.10 bits per heavy atom. The molecule has 0 aliphatic carbocycles. The molecule has 3 N–H and O–H groups in total. The van der Waals surface area contributed by atoms with Crippen LogP contribution in [0.1, 0.15) is 17.5 Å². The number of aliphatic imine (C=N–C) groups is 1. The SMILES string of the molecule is CN=C(NCCCOCc1ccc(OC)cc1)NCCc1c[nH]c2ccc(F)cc12. The van der Waals surface area contributed by atoms with Gasteiger partial charge in [0.25, 0.3) is 0 Å². The number of halogens is 1. The van der Waals surface area contributed by atoms with Crippen molar-refractivity contribution in [1.29, 1.82) is 0 Å². The van der Waals surface area contributed by atoms with Gasteiger partial charge in [-0.1, -0.05) is 12.1 Å². The van der Waals surface area contributed by atoms with Gasteiger partial charge in [-0.2, -0.15) is 0 Å². The lowest BCUT2D eigenvalue weighted by Gasteiger charge is -2.12. The van der Waals surface area contributed by atoms with Gasteiger partial charge in [-0.3, -0.25) is 4.99 Å². The van der Waals surface area contributed by atoms with Gasteiger partial charge in [0.05, 0.1) is 13.7 Å². The summed E-state index contributed by atoms with van der Waals surface area (Å²) in [5, 5.41) is 7.50. The average molecular weight is 413 g/mol. The van der Waals surface area contributed by atoms with E-state index in [-0.39, 0.29) is 5.82 Å². The Morgan fingerprint density at radius 2 is 1.90 bits per heavy atom. The summed E-state index contributed by atoms with van der Waals surface area (Å²) >= 11 is 0. The van der Waals surface area contributed by atoms with Crippen LogP contribution in [0.3, 0.4) is 0 Å². The number of aromatic nitrogens is 1. The molecule has 7 heteroatoms. The van der Waals surface area contributed by atoms with Gasteiger partial charge < -0.3 is 25.1 Å². The zero-order valence-electron chi connectivity index (χ0n) is 17.5. The molecule has 0 saturated heterocycles. The van der Waals surface area contributed by atoms with Crippen LogP contribution in [0, 0.1) is 5.82 Å². The van der Waals surface area contributed by atoms with E-state index in [1.165, 1.54) is 6.07 Å². The highest BCUT2D eigenvalue weighted by Crippen LogP contribution is 2.19. The molecule has 0 aliphatic heterocycles. The molecule has 0 amide bonds. The maximum Gasteiger partial charge on any atom is 0.190 e. The van der Waals surface area contributed by atoms with E-state index in [9.17, 15) is 4.39 Å². The largest absolute Gasteiger partial charge is 0.497 e. The molecule has 0 atom stereocenters. The normalized spacial score (nSPS) is 11.6. The molecule has 1 aromatic heterocycles. The molecule has 0 fully saturated rings. The summed E-state index contributed by atoms with van der Waals surface area (Å²) in [5.41, 5.74) is 3.15. The number of hydrogen-bond donors (Lipinski definition) is 3. The lowest BCUT2D eigenvalue weighted by atomic mass is 10.1. The molecular weight excluding hydrogens is 383 g/mol. The summed E-state index contributed by atoms with van der Waals surface area (Å²) in [4.78, 5) is 7.42. The van der Waals surface area contributed by atoms with E-state index < -0.39 is 0 Å². The highest BCUT2D eigenvalue weighted by molar-refractivity contribution is 5.83. The summed E-state index contributed by atoms with van der Waals surface area (Å²) in [5.74, 6) is 1.37. The topological polar surface area (TPSA) is 70.7 Å². The lowest BCUT2D eigenvalue weighted by Crippen LogP contribution is -2.39. The van der Waals surface area contributed by atoms with Gasteiger partial charge in [-0.15, -0.1) is 0 Å². The number of guanidine groups is 1. The van der Waals surface area contributed by atoms with Crippen LogP contribution in [0.25, 0.3) is 10.9 Å². The highest BCUT2D eigenvalue weighted by Gasteiger charge is 2.05. The van der Waals surface area contributed by atoms with Crippen LogP contribution >= 0.6 is 0 Å². The van der Waals surface area contributed by atoms with Crippen molar-refractivity contribution in [2.45, 2.75) is 19.4 Å². The summed E-state index contributed by atoms with van der Waals surface area (Å²) in [6.45, 7) is 2.72. The number of nitrogens with zero attached hydrogens (tertiary/aromatic N) is 1. The summed E-state index contributed by atoms with van der Waals surface area (Å²) in [6, 6.07) is 12.7. The molecule has 3 aromatic rings. The zero-order chi connectivity index (χ0) is 21.2. The van der Waals surface area contributed by atoms with Crippen LogP contribution in [0.4, 0.5) is 4.39 Å². The van der Waals surface area contributed by atoms with Gasteiger partial charge in [0.2, 0.25) is 0 Å². The molecule has 0 radical (unpaired) electrons. The van der Waals surface area contributed by atoms with E-state index in [1.54, 1.807) is 26.3 Å². The van der Waals surface area contributed by atoms with Crippen molar-refractivity contribution < 1.29 is 13.9 Å². The van der Waals surface area contributed by atoms with Gasteiger partial charge >= 0.3 is 0 Å². The minimum absolute atomic E-state index is 0.219. The molecule has 0 spiro atoms. The van der Waals surface area contributed by atoms with Gasteiger partial charge in [-0.05, 0) is 54.3 Å². The van der Waals surface area contributed by atoms with Crippen molar-refractivity contribution in [3.05, 3.63) is 65.6 Å². The summed E-state index contributed by atoms with van der Waals surface area (Å²) in [6.07, 6.45) is 3.58. The quantitative estimate of drug-likeness (QED) is 0.270. The number of hydrogen-bond acceptors (Lipinski definition) is 3. The third-order valence-electron chi connectivity index (χ3n) is 4.83. The molecule has 6 nitrogen and oxygen atoms in total. The van der Waals surface area contributed by atoms with Gasteiger partial charge in [0.1, 0.15) is 11.6 Å². The van der Waals surface area contributed by atoms with Crippen molar-refractivity contribution in [2.24, 2.45) is 4.99 Å². The van der Waals surface area contributed by atoms with E-state index in [4.69, 9.17) is 9.47 Å². The van der Waals surface area contributed by atoms with Crippen molar-refractivity contribution in [3.63, 3.8) is 0 Å². The van der Waals surface area contributed by atoms with E-state index in [0.717, 1.165) is 53.1 Å². The monoisotopic (exact) mass is 412 g/mol. The lowest BCUT2D eigenvalue weighted by molar-refractivity contribution is 0.119. The van der Waals surface area contributed by atoms with Crippen molar-refractivity contribution in [2.75, 3.05) is 33.9 Å². The minimum Gasteiger partial charge on any atom is -0.497 e. The molecule has 1 heterocycles. The molecule has 0 saturated carbocycles. The van der Waals surface area contributed by atoms with E-state index in [2.05, 4.69) is 20.6 Å².